The summed E-state index contributed by atoms with van der Waals surface area (Å²) >= 11 is 0. The molecule has 4 aromatic rings. The minimum absolute atomic E-state index is 0.0837. The predicted molar refractivity (Wildman–Crippen MR) is 136 cm³/mol. The van der Waals surface area contributed by atoms with Crippen LogP contribution in [0.3, 0.4) is 0 Å². The van der Waals surface area contributed by atoms with Gasteiger partial charge in [-0.05, 0) is 78.6 Å². The van der Waals surface area contributed by atoms with E-state index in [1.807, 2.05) is 43.3 Å². The number of aromatic nitrogens is 2. The fourth-order valence-corrected chi connectivity index (χ4v) is 4.91. The van der Waals surface area contributed by atoms with E-state index in [-0.39, 0.29) is 34.8 Å². The van der Waals surface area contributed by atoms with Crippen LogP contribution in [0.5, 0.6) is 0 Å². The molecule has 2 atom stereocenters. The molecule has 2 aromatic heterocycles. The summed E-state index contributed by atoms with van der Waals surface area (Å²) in [5, 5.41) is 12.6. The molecule has 36 heavy (non-hydrogen) atoms. The van der Waals surface area contributed by atoms with Crippen molar-refractivity contribution in [3.63, 3.8) is 0 Å². The third-order valence-electron chi connectivity index (χ3n) is 7.14. The first-order valence-electron chi connectivity index (χ1n) is 12.2. The van der Waals surface area contributed by atoms with Crippen LogP contribution in [0.4, 0.5) is 0 Å². The molecule has 2 heterocycles. The quantitative estimate of drug-likeness (QED) is 0.426. The van der Waals surface area contributed by atoms with Gasteiger partial charge in [0.1, 0.15) is 11.2 Å². The van der Waals surface area contributed by atoms with E-state index < -0.39 is 5.97 Å². The van der Waals surface area contributed by atoms with Crippen LogP contribution in [-0.2, 0) is 4.79 Å². The third-order valence-corrected chi connectivity index (χ3v) is 7.14. The number of carboxylic acids is 1. The molecule has 2 unspecified atom stereocenters. The first-order valence-corrected chi connectivity index (χ1v) is 12.2. The zero-order chi connectivity index (χ0) is 25.0. The van der Waals surface area contributed by atoms with Crippen LogP contribution < -0.4 is 10.7 Å². The smallest absolute Gasteiger partial charge is 0.307 e. The van der Waals surface area contributed by atoms with Gasteiger partial charge < -0.3 is 15.0 Å². The molecular weight excluding hydrogens is 454 g/mol. The van der Waals surface area contributed by atoms with Crippen LogP contribution in [0.15, 0.2) is 71.8 Å². The molecule has 0 spiro atoms. The Morgan fingerprint density at radius 1 is 1.08 bits per heavy atom. The predicted octanol–water partition coefficient (Wildman–Crippen LogP) is 4.44. The summed E-state index contributed by atoms with van der Waals surface area (Å²) in [5.41, 5.74) is 5.19. The van der Waals surface area contributed by atoms with Gasteiger partial charge in [0.05, 0.1) is 11.3 Å². The minimum Gasteiger partial charge on any atom is -0.481 e. The number of hydrogen-bond donors (Lipinski definition) is 2. The number of fused-ring (bicyclic) bond motifs is 1. The Morgan fingerprint density at radius 3 is 2.64 bits per heavy atom. The summed E-state index contributed by atoms with van der Waals surface area (Å²) in [4.78, 5) is 41.7. The fraction of sp³-hybridized carbons (Fsp3) is 0.241. The summed E-state index contributed by atoms with van der Waals surface area (Å²) in [6.07, 6.45) is 5.79. The van der Waals surface area contributed by atoms with Crippen molar-refractivity contribution in [1.82, 2.24) is 14.9 Å². The number of carbonyl (C=O) groups is 2. The number of carboxylic acid groups (broad SMARTS) is 1. The van der Waals surface area contributed by atoms with Gasteiger partial charge in [0.2, 0.25) is 5.43 Å². The Hall–Kier alpha value is -4.26. The molecule has 2 aliphatic carbocycles. The van der Waals surface area contributed by atoms with E-state index in [0.29, 0.717) is 17.5 Å². The van der Waals surface area contributed by atoms with Crippen molar-refractivity contribution in [3.8, 4) is 16.8 Å². The van der Waals surface area contributed by atoms with E-state index >= 15 is 0 Å². The van der Waals surface area contributed by atoms with Crippen molar-refractivity contribution >= 4 is 22.9 Å². The van der Waals surface area contributed by atoms with Crippen molar-refractivity contribution in [2.75, 3.05) is 0 Å². The van der Waals surface area contributed by atoms with Gasteiger partial charge in [-0.25, -0.2) is 4.98 Å². The lowest BCUT2D eigenvalue weighted by atomic mass is 9.96. The molecule has 0 aliphatic heterocycles. The van der Waals surface area contributed by atoms with Crippen molar-refractivity contribution in [3.05, 3.63) is 93.9 Å². The maximum absolute atomic E-state index is 13.1. The molecule has 2 fully saturated rings. The molecule has 7 heteroatoms. The molecule has 1 amide bonds. The third kappa shape index (κ3) is 3.96. The van der Waals surface area contributed by atoms with E-state index in [1.54, 1.807) is 29.1 Å². The first-order chi connectivity index (χ1) is 17.4. The molecular formula is C29H25N3O4. The SMILES string of the molecule is Cc1cc(C2CC2C(=O)O)ccc1-c1cccc(-n2cc(C(=O)NC3CC3)c(=O)c3cccnc32)c1. The minimum atomic E-state index is -0.735. The van der Waals surface area contributed by atoms with E-state index in [1.165, 1.54) is 0 Å². The molecule has 2 aliphatic rings. The van der Waals surface area contributed by atoms with Crippen LogP contribution in [-0.4, -0.2) is 32.6 Å². The monoisotopic (exact) mass is 479 g/mol. The number of benzene rings is 2. The topological polar surface area (TPSA) is 101 Å². The number of pyridine rings is 2. The van der Waals surface area contributed by atoms with Crippen LogP contribution >= 0.6 is 0 Å². The van der Waals surface area contributed by atoms with Crippen molar-refractivity contribution in [1.29, 1.82) is 0 Å². The molecule has 7 nitrogen and oxygen atoms in total. The van der Waals surface area contributed by atoms with Crippen molar-refractivity contribution in [2.45, 2.75) is 38.1 Å². The Labute approximate surface area is 207 Å². The first kappa shape index (κ1) is 22.2. The molecule has 2 saturated carbocycles. The van der Waals surface area contributed by atoms with Crippen LogP contribution in [0.1, 0.15) is 46.7 Å². The Kier molecular flexibility index (Phi) is 5.21. The standard InChI is InChI=1S/C29H25N3O4/c1-16-12-18(23-14-24(23)29(35)36)7-10-21(16)17-4-2-5-20(13-17)32-15-25(28(34)31-19-8-9-19)26(33)22-6-3-11-30-27(22)32/h2-7,10-13,15,19,23-24H,8-9,14H2,1H3,(H,31,34)(H,35,36). The second kappa shape index (κ2) is 8.45. The summed E-state index contributed by atoms with van der Waals surface area (Å²) in [5.74, 6) is -1.29. The number of aryl methyl sites for hydroxylation is 1. The van der Waals surface area contributed by atoms with Gasteiger partial charge in [-0.2, -0.15) is 0 Å². The molecule has 0 bridgehead atoms. The number of nitrogens with one attached hydrogen (secondary N) is 1. The summed E-state index contributed by atoms with van der Waals surface area (Å²) in [6, 6.07) is 17.6. The maximum atomic E-state index is 13.1. The zero-order valence-corrected chi connectivity index (χ0v) is 19.8. The second-order valence-electron chi connectivity index (χ2n) is 9.78. The largest absolute Gasteiger partial charge is 0.481 e. The van der Waals surface area contributed by atoms with E-state index in [0.717, 1.165) is 40.8 Å². The highest BCUT2D eigenvalue weighted by molar-refractivity contribution is 5.97. The lowest BCUT2D eigenvalue weighted by Crippen LogP contribution is -2.31. The molecule has 0 saturated heterocycles. The Morgan fingerprint density at radius 2 is 1.92 bits per heavy atom. The summed E-state index contributed by atoms with van der Waals surface area (Å²) < 4.78 is 1.80. The van der Waals surface area contributed by atoms with Gasteiger partial charge in [-0.15, -0.1) is 0 Å². The highest BCUT2D eigenvalue weighted by Crippen LogP contribution is 2.48. The van der Waals surface area contributed by atoms with E-state index in [4.69, 9.17) is 0 Å². The lowest BCUT2D eigenvalue weighted by Gasteiger charge is -2.15. The van der Waals surface area contributed by atoms with Gasteiger partial charge in [0, 0.05) is 24.1 Å². The summed E-state index contributed by atoms with van der Waals surface area (Å²) in [6.45, 7) is 2.03. The highest BCUT2D eigenvalue weighted by atomic mass is 16.4. The van der Waals surface area contributed by atoms with Gasteiger partial charge in [0.15, 0.2) is 0 Å². The Balaban J connectivity index is 1.41. The fourth-order valence-electron chi connectivity index (χ4n) is 4.91. The van der Waals surface area contributed by atoms with Crippen LogP contribution in [0.2, 0.25) is 0 Å². The van der Waals surface area contributed by atoms with Gasteiger partial charge in [-0.1, -0.05) is 30.3 Å². The van der Waals surface area contributed by atoms with Crippen LogP contribution in [0.25, 0.3) is 27.8 Å². The van der Waals surface area contributed by atoms with Crippen molar-refractivity contribution in [2.24, 2.45) is 5.92 Å². The molecule has 2 aromatic carbocycles. The molecule has 6 rings (SSSR count). The number of aliphatic carboxylic acids is 1. The number of nitrogens with zero attached hydrogens (tertiary/aromatic N) is 2. The van der Waals surface area contributed by atoms with Gasteiger partial charge in [-0.3, -0.25) is 14.4 Å². The summed E-state index contributed by atoms with van der Waals surface area (Å²) in [7, 11) is 0. The molecule has 2 N–H and O–H groups in total. The van der Waals surface area contributed by atoms with E-state index in [9.17, 15) is 19.5 Å². The lowest BCUT2D eigenvalue weighted by molar-refractivity contribution is -0.138. The number of carbonyl (C=O) groups excluding carboxylic acids is 1. The molecule has 0 radical (unpaired) electrons. The Bertz CT molecular complexity index is 1600. The number of rotatable bonds is 6. The average Bonchev–Trinajstić information content (AvgIpc) is 3.80. The van der Waals surface area contributed by atoms with Crippen LogP contribution in [0, 0.1) is 12.8 Å². The van der Waals surface area contributed by atoms with Crippen molar-refractivity contribution < 1.29 is 14.7 Å². The normalized spacial score (nSPS) is 18.7. The van der Waals surface area contributed by atoms with E-state index in [2.05, 4.69) is 16.4 Å². The maximum Gasteiger partial charge on any atom is 0.307 e. The zero-order valence-electron chi connectivity index (χ0n) is 19.8. The number of hydrogen-bond acceptors (Lipinski definition) is 4. The average molecular weight is 480 g/mol. The highest BCUT2D eigenvalue weighted by Gasteiger charge is 2.44. The second-order valence-corrected chi connectivity index (χ2v) is 9.78. The molecule has 180 valence electrons. The van der Waals surface area contributed by atoms with Gasteiger partial charge >= 0.3 is 5.97 Å². The number of amides is 1. The van der Waals surface area contributed by atoms with Gasteiger partial charge in [0.25, 0.3) is 5.91 Å².